The Morgan fingerprint density at radius 3 is 2.56 bits per heavy atom. The van der Waals surface area contributed by atoms with Crippen LogP contribution in [-0.4, -0.2) is 21.2 Å². The zero-order chi connectivity index (χ0) is 17.8. The minimum atomic E-state index is -0.510. The third-order valence-electron chi connectivity index (χ3n) is 3.32. The summed E-state index contributed by atoms with van der Waals surface area (Å²) in [5.74, 6) is -0.962. The first-order chi connectivity index (χ1) is 12.0. The molecule has 0 aliphatic rings. The fourth-order valence-electron chi connectivity index (χ4n) is 2.12. The van der Waals surface area contributed by atoms with Crippen LogP contribution < -0.4 is 10.9 Å². The number of halogens is 2. The Morgan fingerprint density at radius 2 is 1.80 bits per heavy atom. The first-order valence-corrected chi connectivity index (χ1v) is 7.97. The van der Waals surface area contributed by atoms with Crippen molar-refractivity contribution >= 4 is 46.7 Å². The number of amides is 2. The van der Waals surface area contributed by atoms with Gasteiger partial charge < -0.3 is 0 Å². The number of hydrogen-bond donors (Lipinski definition) is 2. The van der Waals surface area contributed by atoms with E-state index in [1.54, 1.807) is 40.9 Å². The van der Waals surface area contributed by atoms with Gasteiger partial charge >= 0.3 is 0 Å². The van der Waals surface area contributed by atoms with Crippen molar-refractivity contribution in [3.63, 3.8) is 0 Å². The van der Waals surface area contributed by atoms with E-state index in [1.807, 2.05) is 12.1 Å². The lowest BCUT2D eigenvalue weighted by Gasteiger charge is -2.05. The Hall–Kier alpha value is -2.83. The third-order valence-corrected chi connectivity index (χ3v) is 3.85. The molecule has 1 aromatic carbocycles. The minimum Gasteiger partial charge on any atom is -0.299 e. The fraction of sp³-hybridized carbons (Fsp3) is 0. The van der Waals surface area contributed by atoms with Crippen LogP contribution in [0.3, 0.4) is 0 Å². The molecule has 0 aliphatic carbocycles. The highest BCUT2D eigenvalue weighted by molar-refractivity contribution is 6.31. The van der Waals surface area contributed by atoms with Crippen molar-refractivity contribution in [1.29, 1.82) is 0 Å². The highest BCUT2D eigenvalue weighted by atomic mass is 35.5. The van der Waals surface area contributed by atoms with E-state index in [9.17, 15) is 9.59 Å². The predicted octanol–water partition coefficient (Wildman–Crippen LogP) is 3.12. The number of hydrogen-bond acceptors (Lipinski definition) is 3. The van der Waals surface area contributed by atoms with Crippen molar-refractivity contribution in [2.24, 2.45) is 0 Å². The summed E-state index contributed by atoms with van der Waals surface area (Å²) < 4.78 is 1.75. The summed E-state index contributed by atoms with van der Waals surface area (Å²) in [6, 6.07) is 11.8. The second-order valence-corrected chi connectivity index (χ2v) is 5.79. The van der Waals surface area contributed by atoms with Gasteiger partial charge in [0.05, 0.1) is 5.69 Å². The molecule has 2 N–H and O–H groups in total. The number of nitrogens with zero attached hydrogens (tertiary/aromatic N) is 2. The first-order valence-electron chi connectivity index (χ1n) is 7.21. The van der Waals surface area contributed by atoms with E-state index < -0.39 is 11.8 Å². The zero-order valence-electron chi connectivity index (χ0n) is 12.7. The molecular formula is C17H12Cl2N4O2. The standard InChI is InChI=1S/C17H12Cl2N4O2/c18-12-6-4-11(5-7-12)17(25)22-21-15(24)9-8-13-16(19)20-14-3-1-2-10-23(13)14/h1-10H,(H,21,24)(H,22,25)/b9-8+. The van der Waals surface area contributed by atoms with Crippen LogP contribution in [0.15, 0.2) is 54.7 Å². The molecule has 0 saturated carbocycles. The van der Waals surface area contributed by atoms with E-state index in [1.165, 1.54) is 12.2 Å². The lowest BCUT2D eigenvalue weighted by Crippen LogP contribution is -2.40. The molecule has 0 spiro atoms. The number of hydrazine groups is 1. The number of nitrogens with one attached hydrogen (secondary N) is 2. The maximum Gasteiger partial charge on any atom is 0.269 e. The van der Waals surface area contributed by atoms with Crippen LogP contribution >= 0.6 is 23.2 Å². The van der Waals surface area contributed by atoms with Crippen LogP contribution in [-0.2, 0) is 4.79 Å². The largest absolute Gasteiger partial charge is 0.299 e. The molecule has 0 bridgehead atoms. The van der Waals surface area contributed by atoms with Crippen molar-refractivity contribution in [3.05, 3.63) is 76.2 Å². The van der Waals surface area contributed by atoms with Gasteiger partial charge in [-0.25, -0.2) is 4.98 Å². The van der Waals surface area contributed by atoms with E-state index in [-0.39, 0.29) is 5.15 Å². The monoisotopic (exact) mass is 374 g/mol. The summed E-state index contributed by atoms with van der Waals surface area (Å²) >= 11 is 11.8. The van der Waals surface area contributed by atoms with Gasteiger partial charge in [0.1, 0.15) is 5.65 Å². The highest BCUT2D eigenvalue weighted by Crippen LogP contribution is 2.18. The number of carbonyl (C=O) groups excluding carboxylic acids is 2. The zero-order valence-corrected chi connectivity index (χ0v) is 14.3. The van der Waals surface area contributed by atoms with Crippen molar-refractivity contribution in [1.82, 2.24) is 20.2 Å². The van der Waals surface area contributed by atoms with E-state index in [4.69, 9.17) is 23.2 Å². The van der Waals surface area contributed by atoms with Crippen molar-refractivity contribution in [2.45, 2.75) is 0 Å². The molecule has 6 nitrogen and oxygen atoms in total. The average Bonchev–Trinajstić information content (AvgIpc) is 2.93. The Balaban J connectivity index is 1.64. The molecule has 0 unspecified atom stereocenters. The quantitative estimate of drug-likeness (QED) is 0.546. The molecular weight excluding hydrogens is 363 g/mol. The lowest BCUT2D eigenvalue weighted by molar-refractivity contribution is -0.117. The number of benzene rings is 1. The predicted molar refractivity (Wildman–Crippen MR) is 96.3 cm³/mol. The Morgan fingerprint density at radius 1 is 1.04 bits per heavy atom. The number of aromatic nitrogens is 2. The Bertz CT molecular complexity index is 964. The average molecular weight is 375 g/mol. The maximum atomic E-state index is 11.9. The molecule has 0 radical (unpaired) electrons. The highest BCUT2D eigenvalue weighted by Gasteiger charge is 2.08. The molecule has 3 aromatic rings. The molecule has 25 heavy (non-hydrogen) atoms. The van der Waals surface area contributed by atoms with E-state index in [2.05, 4.69) is 15.8 Å². The van der Waals surface area contributed by atoms with Gasteiger partial charge in [0.25, 0.3) is 11.8 Å². The van der Waals surface area contributed by atoms with Gasteiger partial charge in [0, 0.05) is 22.9 Å². The SMILES string of the molecule is O=C(/C=C/c1c(Cl)nc2ccccn12)NNC(=O)c1ccc(Cl)cc1. The molecule has 0 atom stereocenters. The number of fused-ring (bicyclic) bond motifs is 1. The topological polar surface area (TPSA) is 75.5 Å². The molecule has 0 saturated heterocycles. The van der Waals surface area contributed by atoms with E-state index >= 15 is 0 Å². The van der Waals surface area contributed by atoms with Crippen LogP contribution in [0.2, 0.25) is 10.2 Å². The molecule has 2 amide bonds. The maximum absolute atomic E-state index is 11.9. The van der Waals surface area contributed by atoms with E-state index in [0.29, 0.717) is 21.9 Å². The Kier molecular flexibility index (Phi) is 5.02. The Labute approximate surface area is 153 Å². The van der Waals surface area contributed by atoms with E-state index in [0.717, 1.165) is 0 Å². The van der Waals surface area contributed by atoms with Crippen LogP contribution in [0.4, 0.5) is 0 Å². The van der Waals surface area contributed by atoms with Crippen LogP contribution in [0, 0.1) is 0 Å². The minimum absolute atomic E-state index is 0.278. The van der Waals surface area contributed by atoms with Gasteiger partial charge in [-0.2, -0.15) is 0 Å². The van der Waals surface area contributed by atoms with Gasteiger partial charge in [0.2, 0.25) is 0 Å². The van der Waals surface area contributed by atoms with Gasteiger partial charge in [0.15, 0.2) is 5.15 Å². The third kappa shape index (κ3) is 3.99. The molecule has 0 aliphatic heterocycles. The summed E-state index contributed by atoms with van der Waals surface area (Å²) in [5, 5.41) is 0.800. The first kappa shape index (κ1) is 17.0. The number of rotatable bonds is 3. The second-order valence-electron chi connectivity index (χ2n) is 5.00. The van der Waals surface area contributed by atoms with Crippen molar-refractivity contribution in [2.75, 3.05) is 0 Å². The van der Waals surface area contributed by atoms with Crippen LogP contribution in [0.5, 0.6) is 0 Å². The summed E-state index contributed by atoms with van der Waals surface area (Å²) in [7, 11) is 0. The van der Waals surface area contributed by atoms with Crippen molar-refractivity contribution < 1.29 is 9.59 Å². The fourth-order valence-corrected chi connectivity index (χ4v) is 2.49. The summed E-state index contributed by atoms with van der Waals surface area (Å²) in [5.41, 5.74) is 6.22. The van der Waals surface area contributed by atoms with Gasteiger partial charge in [-0.15, -0.1) is 0 Å². The second kappa shape index (κ2) is 7.38. The van der Waals surface area contributed by atoms with Crippen LogP contribution in [0.25, 0.3) is 11.7 Å². The molecule has 8 heteroatoms. The molecule has 0 fully saturated rings. The van der Waals surface area contributed by atoms with Gasteiger partial charge in [-0.1, -0.05) is 29.3 Å². The number of carbonyl (C=O) groups is 2. The summed E-state index contributed by atoms with van der Waals surface area (Å²) in [6.07, 6.45) is 4.56. The molecule has 2 heterocycles. The van der Waals surface area contributed by atoms with Crippen LogP contribution in [0.1, 0.15) is 16.1 Å². The molecule has 3 rings (SSSR count). The summed E-state index contributed by atoms with van der Waals surface area (Å²) in [4.78, 5) is 27.9. The normalized spacial score (nSPS) is 11.0. The summed E-state index contributed by atoms with van der Waals surface area (Å²) in [6.45, 7) is 0. The number of pyridine rings is 1. The molecule has 2 aromatic heterocycles. The number of imidazole rings is 1. The van der Waals surface area contributed by atoms with Crippen molar-refractivity contribution in [3.8, 4) is 0 Å². The smallest absolute Gasteiger partial charge is 0.269 e. The van der Waals surface area contributed by atoms with Gasteiger partial charge in [-0.3, -0.25) is 24.8 Å². The van der Waals surface area contributed by atoms with Gasteiger partial charge in [-0.05, 0) is 42.5 Å². The lowest BCUT2D eigenvalue weighted by atomic mass is 10.2. The molecule has 126 valence electrons.